The summed E-state index contributed by atoms with van der Waals surface area (Å²) in [6, 6.07) is 6.33. The average Bonchev–Trinajstić information content (AvgIpc) is 3.32. The maximum absolute atomic E-state index is 13.8. The van der Waals surface area contributed by atoms with Crippen LogP contribution in [0.25, 0.3) is 6.08 Å². The summed E-state index contributed by atoms with van der Waals surface area (Å²) >= 11 is 0. The summed E-state index contributed by atoms with van der Waals surface area (Å²) < 4.78 is 13.8. The van der Waals surface area contributed by atoms with Gasteiger partial charge in [-0.2, -0.15) is 0 Å². The highest BCUT2D eigenvalue weighted by Crippen LogP contribution is 2.31. The molecule has 0 atom stereocenters. The van der Waals surface area contributed by atoms with Gasteiger partial charge in [-0.3, -0.25) is 0 Å². The molecular formula is C19H26FN. The van der Waals surface area contributed by atoms with Gasteiger partial charge in [0.15, 0.2) is 0 Å². The fraction of sp³-hybridized carbons (Fsp3) is 0.579. The summed E-state index contributed by atoms with van der Waals surface area (Å²) in [5.74, 6) is 0.594. The Hall–Kier alpha value is -1.15. The van der Waals surface area contributed by atoms with Gasteiger partial charge in [0.05, 0.1) is 0 Å². The van der Waals surface area contributed by atoms with Crippen molar-refractivity contribution in [3.63, 3.8) is 0 Å². The largest absolute Gasteiger partial charge is 0.310 e. The van der Waals surface area contributed by atoms with Crippen molar-refractivity contribution in [2.24, 2.45) is 5.92 Å². The van der Waals surface area contributed by atoms with Crippen molar-refractivity contribution in [1.82, 2.24) is 5.32 Å². The highest BCUT2D eigenvalue weighted by molar-refractivity contribution is 5.54. The monoisotopic (exact) mass is 287 g/mol. The first-order chi connectivity index (χ1) is 10.2. The maximum Gasteiger partial charge on any atom is 0.126 e. The molecule has 0 bridgehead atoms. The Morgan fingerprint density at radius 3 is 2.62 bits per heavy atom. The first-order valence-electron chi connectivity index (χ1n) is 8.42. The second-order valence-electron chi connectivity index (χ2n) is 6.72. The zero-order valence-electron chi connectivity index (χ0n) is 13.0. The lowest BCUT2D eigenvalue weighted by molar-refractivity contribution is 0.396. The molecule has 2 saturated carbocycles. The van der Waals surface area contributed by atoms with Crippen LogP contribution in [-0.2, 0) is 0 Å². The molecule has 0 radical (unpaired) electrons. The molecule has 0 amide bonds. The predicted octanol–water partition coefficient (Wildman–Crippen LogP) is 4.85. The number of benzene rings is 1. The lowest BCUT2D eigenvalue weighted by Crippen LogP contribution is -2.24. The molecule has 2 aliphatic rings. The predicted molar refractivity (Wildman–Crippen MR) is 86.7 cm³/mol. The van der Waals surface area contributed by atoms with E-state index in [1.165, 1.54) is 50.5 Å². The Labute approximate surface area is 127 Å². The normalized spacial score (nSPS) is 20.8. The topological polar surface area (TPSA) is 12.0 Å². The van der Waals surface area contributed by atoms with Gasteiger partial charge in [0, 0.05) is 12.6 Å². The zero-order valence-corrected chi connectivity index (χ0v) is 13.0. The number of rotatable bonds is 5. The van der Waals surface area contributed by atoms with Crippen molar-refractivity contribution in [2.75, 3.05) is 6.54 Å². The lowest BCUT2D eigenvalue weighted by atomic mass is 9.83. The summed E-state index contributed by atoms with van der Waals surface area (Å²) in [7, 11) is 0. The number of hydrogen-bond acceptors (Lipinski definition) is 1. The molecule has 114 valence electrons. The molecule has 2 fully saturated rings. The molecule has 1 aromatic rings. The van der Waals surface area contributed by atoms with Crippen LogP contribution in [0.1, 0.15) is 56.1 Å². The van der Waals surface area contributed by atoms with Gasteiger partial charge in [0.2, 0.25) is 0 Å². The number of nitrogens with one attached hydrogen (secondary N) is 1. The Morgan fingerprint density at radius 1 is 1.19 bits per heavy atom. The highest BCUT2D eigenvalue weighted by Gasteiger charge is 2.23. The SMILES string of the molecule is Cc1ccc(/C=C(/CNC2CC2)C2CCCCC2)cc1F. The van der Waals surface area contributed by atoms with Crippen LogP contribution in [0.4, 0.5) is 4.39 Å². The van der Waals surface area contributed by atoms with E-state index in [-0.39, 0.29) is 5.82 Å². The molecule has 0 aromatic heterocycles. The standard InChI is InChI=1S/C19H26FN/c1-14-7-8-15(12-19(14)20)11-17(13-21-18-9-10-18)16-5-3-2-4-6-16/h7-8,11-12,16,18,21H,2-6,9-10,13H2,1H3/b17-11-. The van der Waals surface area contributed by atoms with E-state index in [0.717, 1.165) is 23.7 Å². The van der Waals surface area contributed by atoms with Crippen LogP contribution in [0, 0.1) is 18.7 Å². The van der Waals surface area contributed by atoms with Gasteiger partial charge < -0.3 is 5.32 Å². The fourth-order valence-corrected chi connectivity index (χ4v) is 3.25. The highest BCUT2D eigenvalue weighted by atomic mass is 19.1. The molecule has 1 aromatic carbocycles. The van der Waals surface area contributed by atoms with Crippen LogP contribution >= 0.6 is 0 Å². The van der Waals surface area contributed by atoms with E-state index in [2.05, 4.69) is 11.4 Å². The first kappa shape index (κ1) is 14.8. The zero-order chi connectivity index (χ0) is 14.7. The van der Waals surface area contributed by atoms with E-state index >= 15 is 0 Å². The Balaban J connectivity index is 1.77. The molecule has 0 unspecified atom stereocenters. The fourth-order valence-electron chi connectivity index (χ4n) is 3.25. The van der Waals surface area contributed by atoms with Gasteiger partial charge in [-0.25, -0.2) is 4.39 Å². The van der Waals surface area contributed by atoms with Gasteiger partial charge in [-0.15, -0.1) is 0 Å². The quantitative estimate of drug-likeness (QED) is 0.816. The van der Waals surface area contributed by atoms with Gasteiger partial charge >= 0.3 is 0 Å². The van der Waals surface area contributed by atoms with Crippen LogP contribution in [0.15, 0.2) is 23.8 Å². The maximum atomic E-state index is 13.8. The Kier molecular flexibility index (Phi) is 4.74. The average molecular weight is 287 g/mol. The van der Waals surface area contributed by atoms with Crippen molar-refractivity contribution in [2.45, 2.75) is 57.9 Å². The first-order valence-corrected chi connectivity index (χ1v) is 8.42. The van der Waals surface area contributed by atoms with Crippen molar-refractivity contribution in [3.05, 3.63) is 40.7 Å². The Bertz CT molecular complexity index is 510. The molecule has 21 heavy (non-hydrogen) atoms. The van der Waals surface area contributed by atoms with Gasteiger partial charge in [-0.05, 0) is 55.7 Å². The number of halogens is 1. The van der Waals surface area contributed by atoms with Crippen molar-refractivity contribution in [3.8, 4) is 0 Å². The van der Waals surface area contributed by atoms with E-state index in [1.54, 1.807) is 6.07 Å². The molecule has 1 nitrogen and oxygen atoms in total. The molecule has 0 aliphatic heterocycles. The smallest absolute Gasteiger partial charge is 0.126 e. The summed E-state index contributed by atoms with van der Waals surface area (Å²) in [5.41, 5.74) is 3.21. The van der Waals surface area contributed by atoms with E-state index in [1.807, 2.05) is 19.1 Å². The van der Waals surface area contributed by atoms with Crippen molar-refractivity contribution in [1.29, 1.82) is 0 Å². The van der Waals surface area contributed by atoms with Gasteiger partial charge in [0.1, 0.15) is 5.82 Å². The molecule has 0 spiro atoms. The second-order valence-corrected chi connectivity index (χ2v) is 6.72. The van der Waals surface area contributed by atoms with Gasteiger partial charge in [-0.1, -0.05) is 43.0 Å². The van der Waals surface area contributed by atoms with Crippen LogP contribution in [0.5, 0.6) is 0 Å². The van der Waals surface area contributed by atoms with Crippen LogP contribution in [0.2, 0.25) is 0 Å². The molecule has 0 heterocycles. The minimum atomic E-state index is -0.0955. The van der Waals surface area contributed by atoms with E-state index < -0.39 is 0 Å². The van der Waals surface area contributed by atoms with Crippen LogP contribution in [-0.4, -0.2) is 12.6 Å². The lowest BCUT2D eigenvalue weighted by Gasteiger charge is -2.25. The van der Waals surface area contributed by atoms with Crippen LogP contribution in [0.3, 0.4) is 0 Å². The molecule has 1 N–H and O–H groups in total. The third-order valence-corrected chi connectivity index (χ3v) is 4.85. The van der Waals surface area contributed by atoms with Crippen molar-refractivity contribution < 1.29 is 4.39 Å². The summed E-state index contributed by atoms with van der Waals surface area (Å²) in [4.78, 5) is 0. The molecule has 2 heteroatoms. The molecule has 0 saturated heterocycles. The molecular weight excluding hydrogens is 261 g/mol. The van der Waals surface area contributed by atoms with Crippen LogP contribution < -0.4 is 5.32 Å². The third-order valence-electron chi connectivity index (χ3n) is 4.85. The number of hydrogen-bond donors (Lipinski definition) is 1. The summed E-state index contributed by atoms with van der Waals surface area (Å²) in [6.45, 7) is 2.80. The summed E-state index contributed by atoms with van der Waals surface area (Å²) in [6.07, 6.45) is 11.5. The minimum Gasteiger partial charge on any atom is -0.310 e. The van der Waals surface area contributed by atoms with E-state index in [4.69, 9.17) is 0 Å². The van der Waals surface area contributed by atoms with Gasteiger partial charge in [0.25, 0.3) is 0 Å². The summed E-state index contributed by atoms with van der Waals surface area (Å²) in [5, 5.41) is 3.64. The van der Waals surface area contributed by atoms with Crippen molar-refractivity contribution >= 4 is 6.08 Å². The minimum absolute atomic E-state index is 0.0955. The molecule has 3 rings (SSSR count). The van der Waals surface area contributed by atoms with E-state index in [0.29, 0.717) is 5.92 Å². The second kappa shape index (κ2) is 6.74. The third kappa shape index (κ3) is 4.16. The Morgan fingerprint density at radius 2 is 1.95 bits per heavy atom. The molecule has 2 aliphatic carbocycles. The van der Waals surface area contributed by atoms with E-state index in [9.17, 15) is 4.39 Å². The number of aryl methyl sites for hydroxylation is 1.